The number of aromatic nitrogens is 1. The monoisotopic (exact) mass is 455 g/mol. The summed E-state index contributed by atoms with van der Waals surface area (Å²) in [5.41, 5.74) is -1.40. The van der Waals surface area contributed by atoms with Crippen molar-refractivity contribution in [3.8, 4) is 5.75 Å². The third-order valence-corrected chi connectivity index (χ3v) is 8.76. The van der Waals surface area contributed by atoms with Gasteiger partial charge in [-0.05, 0) is 43.7 Å². The van der Waals surface area contributed by atoms with Gasteiger partial charge in [-0.1, -0.05) is 44.9 Å². The normalized spacial score (nSPS) is 27.5. The van der Waals surface area contributed by atoms with Crippen LogP contribution >= 0.6 is 0 Å². The van der Waals surface area contributed by atoms with Gasteiger partial charge < -0.3 is 14.7 Å². The van der Waals surface area contributed by atoms with Gasteiger partial charge in [-0.25, -0.2) is 4.98 Å². The Labute approximate surface area is 196 Å². The van der Waals surface area contributed by atoms with Crippen molar-refractivity contribution >= 4 is 17.6 Å². The topological polar surface area (TPSA) is 83.0 Å². The molecule has 1 saturated heterocycles. The van der Waals surface area contributed by atoms with Crippen LogP contribution in [0.3, 0.4) is 0 Å². The summed E-state index contributed by atoms with van der Waals surface area (Å²) in [6.07, 6.45) is 14.1. The van der Waals surface area contributed by atoms with Gasteiger partial charge in [0, 0.05) is 31.1 Å². The van der Waals surface area contributed by atoms with Crippen LogP contribution in [0.15, 0.2) is 18.3 Å². The Bertz CT molecular complexity index is 878. The highest BCUT2D eigenvalue weighted by atomic mass is 16.5. The molecule has 4 aliphatic rings. The van der Waals surface area contributed by atoms with Crippen LogP contribution in [0.1, 0.15) is 77.0 Å². The van der Waals surface area contributed by atoms with E-state index in [4.69, 9.17) is 4.74 Å². The molecule has 2 saturated carbocycles. The zero-order valence-corrected chi connectivity index (χ0v) is 19.6. The van der Waals surface area contributed by atoms with E-state index in [1.807, 2.05) is 11.0 Å². The molecule has 1 atom stereocenters. The lowest BCUT2D eigenvalue weighted by molar-refractivity contribution is -0.155. The third kappa shape index (κ3) is 4.36. The maximum absolute atomic E-state index is 13.2. The molecule has 2 amide bonds. The number of pyridine rings is 1. The van der Waals surface area contributed by atoms with E-state index in [0.29, 0.717) is 43.4 Å². The van der Waals surface area contributed by atoms with E-state index < -0.39 is 5.60 Å². The fourth-order valence-electron chi connectivity index (χ4n) is 6.73. The minimum atomic E-state index is -1.04. The number of nitrogens with zero attached hydrogens (tertiary/aromatic N) is 3. The van der Waals surface area contributed by atoms with E-state index in [1.165, 1.54) is 32.1 Å². The molecule has 33 heavy (non-hydrogen) atoms. The Kier molecular flexibility index (Phi) is 6.34. The number of hydrogen-bond donors (Lipinski definition) is 1. The Balaban J connectivity index is 1.30. The summed E-state index contributed by atoms with van der Waals surface area (Å²) in [5.74, 6) is 1.83. The lowest BCUT2D eigenvalue weighted by atomic mass is 9.65. The largest absolute Gasteiger partial charge is 0.480 e. The molecule has 1 spiro atoms. The Morgan fingerprint density at radius 1 is 1.15 bits per heavy atom. The molecule has 1 aromatic heterocycles. The Morgan fingerprint density at radius 3 is 2.73 bits per heavy atom. The van der Waals surface area contributed by atoms with Crippen molar-refractivity contribution in [2.24, 2.45) is 11.3 Å². The number of ether oxygens (including phenoxy) is 1. The number of fused-ring (bicyclic) bond motifs is 1. The van der Waals surface area contributed by atoms with Crippen LogP contribution in [-0.2, 0) is 9.59 Å². The molecule has 7 heteroatoms. The van der Waals surface area contributed by atoms with Crippen molar-refractivity contribution in [1.29, 1.82) is 0 Å². The zero-order valence-electron chi connectivity index (χ0n) is 19.6. The maximum Gasteiger partial charge on any atom is 0.266 e. The van der Waals surface area contributed by atoms with Crippen LogP contribution in [-0.4, -0.2) is 58.6 Å². The Morgan fingerprint density at radius 2 is 1.94 bits per heavy atom. The lowest BCUT2D eigenvalue weighted by Crippen LogP contribution is -2.65. The second kappa shape index (κ2) is 9.24. The van der Waals surface area contributed by atoms with E-state index in [-0.39, 0.29) is 30.4 Å². The molecule has 0 aromatic carbocycles. The molecular formula is C26H37N3O4. The second-order valence-electron chi connectivity index (χ2n) is 10.7. The number of β-amino-alcohol motifs (C(OH)–C–C–N with tert-alkyl or cyclic N) is 1. The molecule has 3 heterocycles. The summed E-state index contributed by atoms with van der Waals surface area (Å²) in [6, 6.07) is 3.60. The molecule has 7 nitrogen and oxygen atoms in total. The smallest absolute Gasteiger partial charge is 0.266 e. The average Bonchev–Trinajstić information content (AvgIpc) is 3.32. The first-order valence-electron chi connectivity index (χ1n) is 12.9. The fourth-order valence-corrected chi connectivity index (χ4v) is 6.73. The van der Waals surface area contributed by atoms with E-state index in [9.17, 15) is 14.7 Å². The van der Waals surface area contributed by atoms with Gasteiger partial charge in [0.25, 0.3) is 5.91 Å². The minimum Gasteiger partial charge on any atom is -0.480 e. The van der Waals surface area contributed by atoms with Crippen LogP contribution in [0.2, 0.25) is 0 Å². The van der Waals surface area contributed by atoms with Gasteiger partial charge in [-0.3, -0.25) is 14.5 Å². The second-order valence-corrected chi connectivity index (χ2v) is 10.7. The highest BCUT2D eigenvalue weighted by Crippen LogP contribution is 2.52. The van der Waals surface area contributed by atoms with Crippen LogP contribution in [0.4, 0.5) is 5.82 Å². The molecule has 180 valence electrons. The van der Waals surface area contributed by atoms with E-state index in [1.54, 1.807) is 17.2 Å². The number of anilines is 1. The van der Waals surface area contributed by atoms with E-state index in [2.05, 4.69) is 4.98 Å². The quantitative estimate of drug-likeness (QED) is 0.732. The standard InChI is InChI=1S/C26H37N3O4/c30-22(11-10-20-7-2-1-3-8-20)28-16-14-26(32,25(18-28)12-4-5-13-25)19-29-23(31)17-33-21-9-6-15-27-24(21)29/h6,9,15,20,32H,1-5,7-8,10-14,16-19H2. The van der Waals surface area contributed by atoms with Crippen LogP contribution in [0.5, 0.6) is 5.75 Å². The number of carbonyl (C=O) groups is 2. The van der Waals surface area contributed by atoms with Crippen molar-refractivity contribution in [3.63, 3.8) is 0 Å². The highest BCUT2D eigenvalue weighted by molar-refractivity contribution is 5.96. The number of likely N-dealkylation sites (tertiary alicyclic amines) is 1. The number of amides is 2. The van der Waals surface area contributed by atoms with Crippen molar-refractivity contribution < 1.29 is 19.4 Å². The van der Waals surface area contributed by atoms with Gasteiger partial charge >= 0.3 is 0 Å². The number of rotatable bonds is 5. The van der Waals surface area contributed by atoms with E-state index >= 15 is 0 Å². The van der Waals surface area contributed by atoms with Crippen LogP contribution in [0.25, 0.3) is 0 Å². The first-order chi connectivity index (χ1) is 16.0. The predicted molar refractivity (Wildman–Crippen MR) is 125 cm³/mol. The number of hydrogen-bond acceptors (Lipinski definition) is 5. The van der Waals surface area contributed by atoms with Gasteiger partial charge in [-0.15, -0.1) is 0 Å². The molecule has 0 radical (unpaired) electrons. The summed E-state index contributed by atoms with van der Waals surface area (Å²) in [5, 5.41) is 12.1. The summed E-state index contributed by atoms with van der Waals surface area (Å²) < 4.78 is 5.54. The maximum atomic E-state index is 13.2. The van der Waals surface area contributed by atoms with Crippen LogP contribution < -0.4 is 9.64 Å². The average molecular weight is 456 g/mol. The summed E-state index contributed by atoms with van der Waals surface area (Å²) in [7, 11) is 0. The van der Waals surface area contributed by atoms with Gasteiger partial charge in [0.05, 0.1) is 12.1 Å². The van der Waals surface area contributed by atoms with Crippen molar-refractivity contribution in [1.82, 2.24) is 9.88 Å². The molecular weight excluding hydrogens is 418 g/mol. The SMILES string of the molecule is O=C(CCC1CCCCC1)N1CCC(O)(CN2C(=O)COc3cccnc32)C2(CCCC2)C1. The summed E-state index contributed by atoms with van der Waals surface area (Å²) in [4.78, 5) is 33.9. The van der Waals surface area contributed by atoms with Crippen molar-refractivity contribution in [3.05, 3.63) is 18.3 Å². The predicted octanol–water partition coefficient (Wildman–Crippen LogP) is 3.69. The molecule has 1 unspecified atom stereocenters. The zero-order chi connectivity index (χ0) is 22.9. The molecule has 1 aromatic rings. The van der Waals surface area contributed by atoms with Crippen LogP contribution in [0, 0.1) is 11.3 Å². The molecule has 3 fully saturated rings. The van der Waals surface area contributed by atoms with Gasteiger partial charge in [0.2, 0.25) is 5.91 Å². The lowest BCUT2D eigenvalue weighted by Gasteiger charge is -2.53. The van der Waals surface area contributed by atoms with Crippen molar-refractivity contribution in [2.75, 3.05) is 31.1 Å². The third-order valence-electron chi connectivity index (χ3n) is 8.76. The molecule has 0 bridgehead atoms. The highest BCUT2D eigenvalue weighted by Gasteiger charge is 2.56. The van der Waals surface area contributed by atoms with Gasteiger partial charge in [0.1, 0.15) is 0 Å². The number of carbonyl (C=O) groups excluding carboxylic acids is 2. The molecule has 2 aliphatic heterocycles. The number of piperidine rings is 1. The Hall–Kier alpha value is -2.15. The molecule has 5 rings (SSSR count). The fraction of sp³-hybridized carbons (Fsp3) is 0.731. The summed E-state index contributed by atoms with van der Waals surface area (Å²) in [6.45, 7) is 1.33. The molecule has 2 aliphatic carbocycles. The minimum absolute atomic E-state index is 0.0342. The van der Waals surface area contributed by atoms with Gasteiger partial charge in [-0.2, -0.15) is 0 Å². The first-order valence-corrected chi connectivity index (χ1v) is 12.9. The van der Waals surface area contributed by atoms with Gasteiger partial charge in [0.15, 0.2) is 18.2 Å². The van der Waals surface area contributed by atoms with E-state index in [0.717, 1.165) is 32.1 Å². The summed E-state index contributed by atoms with van der Waals surface area (Å²) >= 11 is 0. The molecule has 1 N–H and O–H groups in total. The van der Waals surface area contributed by atoms with Crippen molar-refractivity contribution in [2.45, 2.75) is 82.7 Å². The number of aliphatic hydroxyl groups is 1. The first kappa shape index (κ1) is 22.6.